The first-order valence-corrected chi connectivity index (χ1v) is 4.26. The first-order valence-electron chi connectivity index (χ1n) is 4.26. The lowest BCUT2D eigenvalue weighted by atomic mass is 10.3. The summed E-state index contributed by atoms with van der Waals surface area (Å²) in [6.45, 7) is 0.522. The Morgan fingerprint density at radius 3 is 2.07 bits per heavy atom. The van der Waals surface area contributed by atoms with Gasteiger partial charge in [0, 0.05) is 26.2 Å². The Hall–Kier alpha value is -0.980. The van der Waals surface area contributed by atoms with E-state index in [9.17, 15) is 13.2 Å². The third-order valence-corrected chi connectivity index (χ3v) is 2.12. The fraction of sp³-hybridized carbons (Fsp3) is 0.857. The van der Waals surface area contributed by atoms with Crippen LogP contribution in [-0.4, -0.2) is 54.7 Å². The van der Waals surface area contributed by atoms with Crippen LogP contribution in [0.4, 0.5) is 13.2 Å². The number of rotatable bonds is 1. The molecule has 0 spiro atoms. The maximum absolute atomic E-state index is 12.0. The zero-order chi connectivity index (χ0) is 10.8. The SMILES string of the molecule is N=C(N)N1CCN(CC(F)(F)F)CC1. The second-order valence-electron chi connectivity index (χ2n) is 3.26. The molecule has 1 aliphatic rings. The molecule has 82 valence electrons. The van der Waals surface area contributed by atoms with Crippen molar-refractivity contribution in [2.75, 3.05) is 32.7 Å². The van der Waals surface area contributed by atoms with Gasteiger partial charge in [-0.25, -0.2) is 0 Å². The molecular weight excluding hydrogens is 197 g/mol. The minimum Gasteiger partial charge on any atom is -0.370 e. The maximum atomic E-state index is 12.0. The van der Waals surface area contributed by atoms with Gasteiger partial charge >= 0.3 is 6.18 Å². The van der Waals surface area contributed by atoms with Crippen molar-refractivity contribution in [1.82, 2.24) is 9.80 Å². The third kappa shape index (κ3) is 3.41. The van der Waals surface area contributed by atoms with Crippen LogP contribution in [0, 0.1) is 5.41 Å². The molecule has 0 aromatic rings. The average molecular weight is 210 g/mol. The fourth-order valence-corrected chi connectivity index (χ4v) is 1.40. The maximum Gasteiger partial charge on any atom is 0.401 e. The molecule has 14 heavy (non-hydrogen) atoms. The number of halogens is 3. The zero-order valence-electron chi connectivity index (χ0n) is 7.64. The lowest BCUT2D eigenvalue weighted by Crippen LogP contribution is -2.52. The van der Waals surface area contributed by atoms with Crippen LogP contribution in [0.2, 0.25) is 0 Å². The van der Waals surface area contributed by atoms with Crippen LogP contribution in [-0.2, 0) is 0 Å². The second kappa shape index (κ2) is 4.04. The first-order chi connectivity index (χ1) is 6.38. The van der Waals surface area contributed by atoms with Crippen molar-refractivity contribution in [3.05, 3.63) is 0 Å². The molecule has 0 amide bonds. The molecule has 0 saturated carbocycles. The van der Waals surface area contributed by atoms with E-state index in [-0.39, 0.29) is 5.96 Å². The highest BCUT2D eigenvalue weighted by atomic mass is 19.4. The number of hydrogen-bond acceptors (Lipinski definition) is 2. The minimum absolute atomic E-state index is 0.0725. The van der Waals surface area contributed by atoms with Gasteiger partial charge < -0.3 is 10.6 Å². The van der Waals surface area contributed by atoms with E-state index in [1.165, 1.54) is 4.90 Å². The third-order valence-electron chi connectivity index (χ3n) is 2.12. The Morgan fingerprint density at radius 1 is 1.21 bits per heavy atom. The summed E-state index contributed by atoms with van der Waals surface area (Å²) in [7, 11) is 0. The monoisotopic (exact) mass is 210 g/mol. The summed E-state index contributed by atoms with van der Waals surface area (Å²) in [5.41, 5.74) is 5.21. The van der Waals surface area contributed by atoms with E-state index in [2.05, 4.69) is 0 Å². The van der Waals surface area contributed by atoms with Gasteiger partial charge in [-0.15, -0.1) is 0 Å². The molecule has 4 nitrogen and oxygen atoms in total. The lowest BCUT2D eigenvalue weighted by molar-refractivity contribution is -0.148. The summed E-state index contributed by atoms with van der Waals surface area (Å²) < 4.78 is 35.9. The van der Waals surface area contributed by atoms with Crippen LogP contribution < -0.4 is 5.73 Å². The van der Waals surface area contributed by atoms with Crippen molar-refractivity contribution >= 4 is 5.96 Å². The normalized spacial score (nSPS) is 19.8. The highest BCUT2D eigenvalue weighted by Crippen LogP contribution is 2.17. The Kier molecular flexibility index (Phi) is 3.20. The predicted octanol–water partition coefficient (Wildman–Crippen LogP) is 0.0598. The Morgan fingerprint density at radius 2 is 1.71 bits per heavy atom. The molecule has 1 rings (SSSR count). The van der Waals surface area contributed by atoms with Gasteiger partial charge in [0.15, 0.2) is 5.96 Å². The van der Waals surface area contributed by atoms with Crippen LogP contribution >= 0.6 is 0 Å². The summed E-state index contributed by atoms with van der Waals surface area (Å²) in [5, 5.41) is 7.10. The van der Waals surface area contributed by atoms with Gasteiger partial charge in [-0.05, 0) is 0 Å². The van der Waals surface area contributed by atoms with Crippen LogP contribution in [0.25, 0.3) is 0 Å². The molecule has 3 N–H and O–H groups in total. The quantitative estimate of drug-likeness (QED) is 0.475. The number of nitrogens with zero attached hydrogens (tertiary/aromatic N) is 2. The Balaban J connectivity index is 2.33. The van der Waals surface area contributed by atoms with Gasteiger partial charge in [-0.3, -0.25) is 10.3 Å². The van der Waals surface area contributed by atoms with Crippen molar-refractivity contribution in [3.63, 3.8) is 0 Å². The molecule has 0 radical (unpaired) electrons. The summed E-state index contributed by atoms with van der Waals surface area (Å²) in [4.78, 5) is 2.88. The zero-order valence-corrected chi connectivity index (χ0v) is 7.64. The highest BCUT2D eigenvalue weighted by Gasteiger charge is 2.32. The summed E-state index contributed by atoms with van der Waals surface area (Å²) in [6.07, 6.45) is -4.14. The summed E-state index contributed by atoms with van der Waals surface area (Å²) in [5.74, 6) is -0.0725. The van der Waals surface area contributed by atoms with Gasteiger partial charge in [0.25, 0.3) is 0 Å². The average Bonchev–Trinajstić information content (AvgIpc) is 2.02. The van der Waals surface area contributed by atoms with E-state index >= 15 is 0 Å². The Bertz CT molecular complexity index is 207. The summed E-state index contributed by atoms with van der Waals surface area (Å²) >= 11 is 0. The lowest BCUT2D eigenvalue weighted by Gasteiger charge is -2.35. The van der Waals surface area contributed by atoms with E-state index in [0.29, 0.717) is 26.2 Å². The van der Waals surface area contributed by atoms with E-state index in [4.69, 9.17) is 11.1 Å². The smallest absolute Gasteiger partial charge is 0.370 e. The topological polar surface area (TPSA) is 56.4 Å². The van der Waals surface area contributed by atoms with Crippen molar-refractivity contribution < 1.29 is 13.2 Å². The molecule has 1 fully saturated rings. The van der Waals surface area contributed by atoms with Gasteiger partial charge in [0.05, 0.1) is 6.54 Å². The number of nitrogens with two attached hydrogens (primary N) is 1. The highest BCUT2D eigenvalue weighted by molar-refractivity contribution is 5.74. The molecule has 0 aromatic heterocycles. The fourth-order valence-electron chi connectivity index (χ4n) is 1.40. The molecule has 0 atom stereocenters. The van der Waals surface area contributed by atoms with Crippen molar-refractivity contribution in [3.8, 4) is 0 Å². The number of piperazine rings is 1. The largest absolute Gasteiger partial charge is 0.401 e. The van der Waals surface area contributed by atoms with Crippen molar-refractivity contribution in [2.45, 2.75) is 6.18 Å². The van der Waals surface area contributed by atoms with Crippen LogP contribution in [0.5, 0.6) is 0 Å². The summed E-state index contributed by atoms with van der Waals surface area (Å²) in [6, 6.07) is 0. The minimum atomic E-state index is -4.14. The number of nitrogens with one attached hydrogen (secondary N) is 1. The van der Waals surface area contributed by atoms with E-state index < -0.39 is 12.7 Å². The number of guanidine groups is 1. The van der Waals surface area contributed by atoms with Crippen LogP contribution in [0.15, 0.2) is 0 Å². The Labute approximate surface area is 80.0 Å². The standard InChI is InChI=1S/C7H13F3N4/c8-7(9,10)5-13-1-3-14(4-2-13)6(11)12/h1-5H2,(H3,11,12). The molecule has 0 aliphatic carbocycles. The van der Waals surface area contributed by atoms with Gasteiger partial charge in [-0.2, -0.15) is 13.2 Å². The molecule has 0 bridgehead atoms. The van der Waals surface area contributed by atoms with Crippen molar-refractivity contribution in [2.24, 2.45) is 5.73 Å². The van der Waals surface area contributed by atoms with E-state index in [0.717, 1.165) is 0 Å². The van der Waals surface area contributed by atoms with Crippen LogP contribution in [0.1, 0.15) is 0 Å². The molecule has 1 aliphatic heterocycles. The van der Waals surface area contributed by atoms with Crippen molar-refractivity contribution in [1.29, 1.82) is 5.41 Å². The molecule has 1 saturated heterocycles. The van der Waals surface area contributed by atoms with E-state index in [1.54, 1.807) is 4.90 Å². The molecule has 7 heteroatoms. The molecule has 0 unspecified atom stereocenters. The predicted molar refractivity (Wildman–Crippen MR) is 46.0 cm³/mol. The number of alkyl halides is 3. The van der Waals surface area contributed by atoms with Gasteiger partial charge in [-0.1, -0.05) is 0 Å². The second-order valence-corrected chi connectivity index (χ2v) is 3.26. The van der Waals surface area contributed by atoms with E-state index in [1.807, 2.05) is 0 Å². The van der Waals surface area contributed by atoms with Crippen LogP contribution in [0.3, 0.4) is 0 Å². The number of hydrogen-bond donors (Lipinski definition) is 2. The molecule has 1 heterocycles. The van der Waals surface area contributed by atoms with Gasteiger partial charge in [0.1, 0.15) is 0 Å². The van der Waals surface area contributed by atoms with Gasteiger partial charge in [0.2, 0.25) is 0 Å². The molecule has 0 aromatic carbocycles. The molecular formula is C7H13F3N4. The first kappa shape index (κ1) is 11.1.